The van der Waals surface area contributed by atoms with Crippen molar-refractivity contribution in [2.24, 2.45) is 5.41 Å². The van der Waals surface area contributed by atoms with E-state index in [0.29, 0.717) is 0 Å². The summed E-state index contributed by atoms with van der Waals surface area (Å²) in [5, 5.41) is 3.38. The second-order valence-corrected chi connectivity index (χ2v) is 5.86. The van der Waals surface area contributed by atoms with Crippen LogP contribution in [0.4, 0.5) is 0 Å². The van der Waals surface area contributed by atoms with Crippen molar-refractivity contribution in [3.63, 3.8) is 0 Å². The Morgan fingerprint density at radius 3 is 2.62 bits per heavy atom. The number of unbranched alkanes of at least 4 members (excludes halogenated alkanes) is 1. The fourth-order valence-electron chi connectivity index (χ4n) is 1.96. The topological polar surface area (TPSA) is 12.9 Å². The van der Waals surface area contributed by atoms with Gasteiger partial charge in [0, 0.05) is 23.4 Å². The number of halogens is 1. The molecule has 1 rings (SSSR count). The predicted octanol–water partition coefficient (Wildman–Crippen LogP) is 4.82. The van der Waals surface area contributed by atoms with E-state index >= 15 is 0 Å². The molecule has 0 radical (unpaired) electrons. The van der Waals surface area contributed by atoms with Crippen LogP contribution < -0.4 is 0 Å². The molecule has 0 saturated heterocycles. The first kappa shape index (κ1) is 14.0. The monoisotopic (exact) mass is 259 g/mol. The summed E-state index contributed by atoms with van der Waals surface area (Å²) < 4.78 is 0. The van der Waals surface area contributed by atoms with E-state index in [1.54, 1.807) is 11.3 Å². The van der Waals surface area contributed by atoms with E-state index in [9.17, 15) is 0 Å². The van der Waals surface area contributed by atoms with Crippen molar-refractivity contribution in [3.05, 3.63) is 16.1 Å². The second-order valence-electron chi connectivity index (χ2n) is 4.65. The molecule has 1 aromatic heterocycles. The van der Waals surface area contributed by atoms with Crippen LogP contribution >= 0.6 is 22.9 Å². The van der Waals surface area contributed by atoms with Crippen LogP contribution in [0.25, 0.3) is 0 Å². The van der Waals surface area contributed by atoms with Crippen LogP contribution in [0.3, 0.4) is 0 Å². The number of alkyl halides is 1. The maximum Gasteiger partial charge on any atom is 0.0934 e. The molecule has 16 heavy (non-hydrogen) atoms. The van der Waals surface area contributed by atoms with Gasteiger partial charge in [-0.2, -0.15) is 0 Å². The Balaban J connectivity index is 2.69. The number of nitrogens with zero attached hydrogens (tertiary/aromatic N) is 1. The minimum absolute atomic E-state index is 0.266. The highest BCUT2D eigenvalue weighted by molar-refractivity contribution is 7.09. The third kappa shape index (κ3) is 3.74. The quantitative estimate of drug-likeness (QED) is 0.640. The Hall–Kier alpha value is -0.0800. The highest BCUT2D eigenvalue weighted by Gasteiger charge is 2.28. The highest BCUT2D eigenvalue weighted by atomic mass is 35.5. The number of aromatic nitrogens is 1. The van der Waals surface area contributed by atoms with Crippen molar-refractivity contribution >= 4 is 22.9 Å². The molecule has 3 heteroatoms. The molecular weight excluding hydrogens is 238 g/mol. The van der Waals surface area contributed by atoms with Gasteiger partial charge in [0.05, 0.1) is 5.01 Å². The van der Waals surface area contributed by atoms with Gasteiger partial charge >= 0.3 is 0 Å². The van der Waals surface area contributed by atoms with Crippen LogP contribution in [0.1, 0.15) is 50.2 Å². The molecule has 1 aromatic rings. The molecule has 1 atom stereocenters. The Morgan fingerprint density at radius 2 is 2.19 bits per heavy atom. The van der Waals surface area contributed by atoms with E-state index in [1.807, 2.05) is 0 Å². The molecule has 0 bridgehead atoms. The average Bonchev–Trinajstić information content (AvgIpc) is 2.70. The minimum Gasteiger partial charge on any atom is -0.247 e. The van der Waals surface area contributed by atoms with Gasteiger partial charge in [-0.05, 0) is 25.2 Å². The number of hydrogen-bond donors (Lipinski definition) is 0. The van der Waals surface area contributed by atoms with Gasteiger partial charge in [0.15, 0.2) is 0 Å². The Bertz CT molecular complexity index is 305. The molecule has 1 unspecified atom stereocenters. The van der Waals surface area contributed by atoms with Gasteiger partial charge in [-0.1, -0.05) is 26.7 Å². The standard InChI is InChI=1S/C13H22ClNS/c1-4-6-7-13(5-2,10-14)8-12-15-11(3)9-16-12/h9H,4-8,10H2,1-3H3. The lowest BCUT2D eigenvalue weighted by molar-refractivity contribution is 0.278. The Morgan fingerprint density at radius 1 is 1.44 bits per heavy atom. The maximum absolute atomic E-state index is 6.19. The molecule has 0 spiro atoms. The van der Waals surface area contributed by atoms with Crippen LogP contribution in [0.15, 0.2) is 5.38 Å². The molecule has 0 aliphatic carbocycles. The highest BCUT2D eigenvalue weighted by Crippen LogP contribution is 2.35. The first-order chi connectivity index (χ1) is 7.65. The van der Waals surface area contributed by atoms with Gasteiger partial charge in [0.25, 0.3) is 0 Å². The van der Waals surface area contributed by atoms with Crippen molar-refractivity contribution in [2.45, 2.75) is 52.9 Å². The zero-order valence-electron chi connectivity index (χ0n) is 10.6. The predicted molar refractivity (Wildman–Crippen MR) is 73.5 cm³/mol. The molecule has 0 aliphatic rings. The molecule has 0 amide bonds. The molecule has 0 fully saturated rings. The summed E-state index contributed by atoms with van der Waals surface area (Å²) in [6.07, 6.45) is 5.93. The lowest BCUT2D eigenvalue weighted by Crippen LogP contribution is -2.25. The number of rotatable bonds is 7. The molecule has 92 valence electrons. The summed E-state index contributed by atoms with van der Waals surface area (Å²) in [6, 6.07) is 0. The van der Waals surface area contributed by atoms with Crippen LogP contribution in [0.5, 0.6) is 0 Å². The summed E-state index contributed by atoms with van der Waals surface area (Å²) >= 11 is 7.96. The van der Waals surface area contributed by atoms with Crippen LogP contribution in [0, 0.1) is 12.3 Å². The molecule has 0 aromatic carbocycles. The number of thiazole rings is 1. The van der Waals surface area contributed by atoms with Gasteiger partial charge in [-0.3, -0.25) is 0 Å². The fraction of sp³-hybridized carbons (Fsp3) is 0.769. The minimum atomic E-state index is 0.266. The molecule has 0 aliphatic heterocycles. The summed E-state index contributed by atoms with van der Waals surface area (Å²) in [4.78, 5) is 4.56. The van der Waals surface area contributed by atoms with Crippen LogP contribution in [-0.2, 0) is 6.42 Å². The van der Waals surface area contributed by atoms with Crippen LogP contribution in [0.2, 0.25) is 0 Å². The first-order valence-electron chi connectivity index (χ1n) is 6.12. The zero-order valence-corrected chi connectivity index (χ0v) is 12.1. The van der Waals surface area contributed by atoms with Crippen molar-refractivity contribution in [1.29, 1.82) is 0 Å². The molecule has 0 N–H and O–H groups in total. The van der Waals surface area contributed by atoms with Gasteiger partial charge in [0.2, 0.25) is 0 Å². The van der Waals surface area contributed by atoms with Gasteiger partial charge in [0.1, 0.15) is 0 Å². The van der Waals surface area contributed by atoms with Gasteiger partial charge in [-0.15, -0.1) is 22.9 Å². The van der Waals surface area contributed by atoms with E-state index in [0.717, 1.165) is 24.4 Å². The first-order valence-corrected chi connectivity index (χ1v) is 7.54. The summed E-state index contributed by atoms with van der Waals surface area (Å²) in [6.45, 7) is 6.54. The summed E-state index contributed by atoms with van der Waals surface area (Å²) in [7, 11) is 0. The number of aryl methyl sites for hydroxylation is 1. The van der Waals surface area contributed by atoms with Gasteiger partial charge in [-0.25, -0.2) is 4.98 Å². The van der Waals surface area contributed by atoms with E-state index < -0.39 is 0 Å². The smallest absolute Gasteiger partial charge is 0.0934 e. The Kier molecular flexibility index (Phi) is 5.77. The Labute approximate surface area is 108 Å². The number of hydrogen-bond acceptors (Lipinski definition) is 2. The normalized spacial score (nSPS) is 15.0. The summed E-state index contributed by atoms with van der Waals surface area (Å²) in [5.41, 5.74) is 1.40. The van der Waals surface area contributed by atoms with Crippen molar-refractivity contribution in [3.8, 4) is 0 Å². The largest absolute Gasteiger partial charge is 0.247 e. The van der Waals surface area contributed by atoms with E-state index in [2.05, 4.69) is 31.1 Å². The third-order valence-corrected chi connectivity index (χ3v) is 4.82. The van der Waals surface area contributed by atoms with Crippen molar-refractivity contribution in [2.75, 3.05) is 5.88 Å². The van der Waals surface area contributed by atoms with E-state index in [4.69, 9.17) is 11.6 Å². The average molecular weight is 260 g/mol. The third-order valence-electron chi connectivity index (χ3n) is 3.29. The summed E-state index contributed by atoms with van der Waals surface area (Å²) in [5.74, 6) is 0.752. The molecule has 1 heterocycles. The zero-order chi connectivity index (χ0) is 12.0. The van der Waals surface area contributed by atoms with E-state index in [-0.39, 0.29) is 5.41 Å². The van der Waals surface area contributed by atoms with Crippen molar-refractivity contribution in [1.82, 2.24) is 4.98 Å². The molecular formula is C13H22ClNS. The van der Waals surface area contributed by atoms with Gasteiger partial charge < -0.3 is 0 Å². The molecule has 1 nitrogen and oxygen atoms in total. The fourth-order valence-corrected chi connectivity index (χ4v) is 3.32. The lowest BCUT2D eigenvalue weighted by Gasteiger charge is -2.29. The maximum atomic E-state index is 6.19. The van der Waals surface area contributed by atoms with Crippen LogP contribution in [-0.4, -0.2) is 10.9 Å². The lowest BCUT2D eigenvalue weighted by atomic mass is 9.79. The SMILES string of the molecule is CCCCC(CC)(CCl)Cc1nc(C)cs1. The molecule has 0 saturated carbocycles. The van der Waals surface area contributed by atoms with Crippen molar-refractivity contribution < 1.29 is 0 Å². The van der Waals surface area contributed by atoms with E-state index in [1.165, 1.54) is 24.3 Å². The second kappa shape index (κ2) is 6.61.